The van der Waals surface area contributed by atoms with Crippen molar-refractivity contribution in [2.45, 2.75) is 6.61 Å². The fourth-order valence-corrected chi connectivity index (χ4v) is 1.70. The molecule has 0 fully saturated rings. The molecule has 2 aromatic carbocycles. The first-order valence-corrected chi connectivity index (χ1v) is 5.24. The monoisotopic (exact) mass is 228 g/mol. The second-order valence-corrected chi connectivity index (χ2v) is 3.75. The summed E-state index contributed by atoms with van der Waals surface area (Å²) in [4.78, 5) is 11.0. The van der Waals surface area contributed by atoms with Gasteiger partial charge < -0.3 is 10.2 Å². The van der Waals surface area contributed by atoms with E-state index in [0.29, 0.717) is 5.56 Å². The fraction of sp³-hybridized carbons (Fsp3) is 0.0714. The summed E-state index contributed by atoms with van der Waals surface area (Å²) in [6.45, 7) is -0.166. The number of carboxylic acids is 1. The Balaban J connectivity index is 2.54. The molecule has 86 valence electrons. The number of aromatic carboxylic acids is 1. The summed E-state index contributed by atoms with van der Waals surface area (Å²) < 4.78 is 0. The van der Waals surface area contributed by atoms with Gasteiger partial charge in [-0.1, -0.05) is 30.3 Å². The molecule has 17 heavy (non-hydrogen) atoms. The van der Waals surface area contributed by atoms with Crippen LogP contribution in [0.2, 0.25) is 0 Å². The molecular weight excluding hydrogens is 216 g/mol. The van der Waals surface area contributed by atoms with Crippen LogP contribution in [0.25, 0.3) is 11.1 Å². The van der Waals surface area contributed by atoms with Gasteiger partial charge in [0.1, 0.15) is 0 Å². The lowest BCUT2D eigenvalue weighted by molar-refractivity contribution is 0.0696. The zero-order chi connectivity index (χ0) is 12.3. The number of aliphatic hydroxyl groups excluding tert-OH is 1. The Morgan fingerprint density at radius 1 is 1.00 bits per heavy atom. The van der Waals surface area contributed by atoms with E-state index in [1.165, 1.54) is 6.07 Å². The van der Waals surface area contributed by atoms with E-state index < -0.39 is 5.97 Å². The Kier molecular flexibility index (Phi) is 3.21. The van der Waals surface area contributed by atoms with Crippen molar-refractivity contribution in [2.24, 2.45) is 0 Å². The second kappa shape index (κ2) is 4.80. The average molecular weight is 228 g/mol. The molecule has 0 aliphatic rings. The van der Waals surface area contributed by atoms with Gasteiger partial charge >= 0.3 is 5.97 Å². The van der Waals surface area contributed by atoms with Gasteiger partial charge in [0, 0.05) is 0 Å². The molecule has 0 aliphatic heterocycles. The third-order valence-electron chi connectivity index (χ3n) is 2.53. The molecule has 0 aliphatic carbocycles. The number of hydrogen-bond donors (Lipinski definition) is 2. The molecule has 0 unspecified atom stereocenters. The Labute approximate surface area is 99.0 Å². The van der Waals surface area contributed by atoms with Gasteiger partial charge in [-0.15, -0.1) is 0 Å². The van der Waals surface area contributed by atoms with Gasteiger partial charge in [0.15, 0.2) is 0 Å². The molecule has 0 aromatic heterocycles. The highest BCUT2D eigenvalue weighted by molar-refractivity contribution is 5.89. The Morgan fingerprint density at radius 3 is 2.29 bits per heavy atom. The smallest absolute Gasteiger partial charge is 0.335 e. The van der Waals surface area contributed by atoms with Gasteiger partial charge in [0.2, 0.25) is 0 Å². The molecular formula is C14H12O3. The maximum Gasteiger partial charge on any atom is 0.335 e. The second-order valence-electron chi connectivity index (χ2n) is 3.75. The van der Waals surface area contributed by atoms with Crippen LogP contribution in [0.15, 0.2) is 48.5 Å². The first kappa shape index (κ1) is 11.4. The number of hydrogen-bond acceptors (Lipinski definition) is 2. The van der Waals surface area contributed by atoms with Gasteiger partial charge in [0.25, 0.3) is 0 Å². The minimum atomic E-state index is -0.988. The van der Waals surface area contributed by atoms with Crippen LogP contribution >= 0.6 is 0 Å². The van der Waals surface area contributed by atoms with Crippen molar-refractivity contribution < 1.29 is 15.0 Å². The largest absolute Gasteiger partial charge is 0.478 e. The Hall–Kier alpha value is -2.13. The zero-order valence-corrected chi connectivity index (χ0v) is 9.13. The highest BCUT2D eigenvalue weighted by atomic mass is 16.4. The Morgan fingerprint density at radius 2 is 1.71 bits per heavy atom. The minimum absolute atomic E-state index is 0.166. The first-order chi connectivity index (χ1) is 8.20. The number of benzene rings is 2. The van der Waals surface area contributed by atoms with Gasteiger partial charge in [-0.2, -0.15) is 0 Å². The van der Waals surface area contributed by atoms with Crippen molar-refractivity contribution in [3.63, 3.8) is 0 Å². The van der Waals surface area contributed by atoms with E-state index in [1.54, 1.807) is 12.1 Å². The quantitative estimate of drug-likeness (QED) is 0.848. The number of carboxylic acid groups (broad SMARTS) is 1. The molecule has 0 bridgehead atoms. The molecule has 3 heteroatoms. The summed E-state index contributed by atoms with van der Waals surface area (Å²) in [6.07, 6.45) is 0. The average Bonchev–Trinajstić information content (AvgIpc) is 2.39. The van der Waals surface area contributed by atoms with Gasteiger partial charge in [-0.05, 0) is 34.9 Å². The van der Waals surface area contributed by atoms with E-state index in [2.05, 4.69) is 0 Å². The van der Waals surface area contributed by atoms with Crippen LogP contribution in [0, 0.1) is 0 Å². The van der Waals surface area contributed by atoms with Crippen molar-refractivity contribution in [1.29, 1.82) is 0 Å². The predicted octanol–water partition coefficient (Wildman–Crippen LogP) is 2.54. The SMILES string of the molecule is O=C(O)c1cc(CO)cc(-c2ccccc2)c1. The van der Waals surface area contributed by atoms with Crippen LogP contribution in [-0.2, 0) is 6.61 Å². The molecule has 0 saturated heterocycles. The molecule has 0 saturated carbocycles. The van der Waals surface area contributed by atoms with Crippen molar-refractivity contribution in [1.82, 2.24) is 0 Å². The minimum Gasteiger partial charge on any atom is -0.478 e. The van der Waals surface area contributed by atoms with Gasteiger partial charge in [-0.25, -0.2) is 4.79 Å². The van der Waals surface area contributed by atoms with E-state index in [4.69, 9.17) is 10.2 Å². The van der Waals surface area contributed by atoms with Crippen molar-refractivity contribution in [2.75, 3.05) is 0 Å². The lowest BCUT2D eigenvalue weighted by atomic mass is 10.00. The maximum atomic E-state index is 11.0. The Bertz CT molecular complexity index is 532. The zero-order valence-electron chi connectivity index (χ0n) is 9.13. The summed E-state index contributed by atoms with van der Waals surface area (Å²) in [6, 6.07) is 14.4. The molecule has 2 rings (SSSR count). The standard InChI is InChI=1S/C14H12O3/c15-9-10-6-12(8-13(7-10)14(16)17)11-4-2-1-3-5-11/h1-8,15H,9H2,(H,16,17). The molecule has 0 heterocycles. The highest BCUT2D eigenvalue weighted by Gasteiger charge is 2.07. The molecule has 0 amide bonds. The topological polar surface area (TPSA) is 57.5 Å². The fourth-order valence-electron chi connectivity index (χ4n) is 1.70. The first-order valence-electron chi connectivity index (χ1n) is 5.24. The molecule has 0 radical (unpaired) electrons. The summed E-state index contributed by atoms with van der Waals surface area (Å²) in [5.41, 5.74) is 2.53. The lowest BCUT2D eigenvalue weighted by Crippen LogP contribution is -1.98. The van der Waals surface area contributed by atoms with E-state index in [9.17, 15) is 4.79 Å². The van der Waals surface area contributed by atoms with E-state index in [1.807, 2.05) is 30.3 Å². The van der Waals surface area contributed by atoms with Gasteiger partial charge in [0.05, 0.1) is 12.2 Å². The number of rotatable bonds is 3. The third kappa shape index (κ3) is 2.52. The van der Waals surface area contributed by atoms with E-state index in [-0.39, 0.29) is 12.2 Å². The predicted molar refractivity (Wildman–Crippen MR) is 64.8 cm³/mol. The van der Waals surface area contributed by atoms with Crippen LogP contribution in [0.1, 0.15) is 15.9 Å². The van der Waals surface area contributed by atoms with Crippen LogP contribution in [0.5, 0.6) is 0 Å². The number of aliphatic hydroxyl groups is 1. The van der Waals surface area contributed by atoms with Crippen LogP contribution in [0.4, 0.5) is 0 Å². The molecule has 3 nitrogen and oxygen atoms in total. The number of carbonyl (C=O) groups is 1. The van der Waals surface area contributed by atoms with Gasteiger partial charge in [-0.3, -0.25) is 0 Å². The van der Waals surface area contributed by atoms with E-state index in [0.717, 1.165) is 11.1 Å². The third-order valence-corrected chi connectivity index (χ3v) is 2.53. The molecule has 2 N–H and O–H groups in total. The van der Waals surface area contributed by atoms with Crippen LogP contribution < -0.4 is 0 Å². The normalized spacial score (nSPS) is 10.2. The van der Waals surface area contributed by atoms with E-state index >= 15 is 0 Å². The summed E-state index contributed by atoms with van der Waals surface area (Å²) >= 11 is 0. The van der Waals surface area contributed by atoms with Crippen molar-refractivity contribution >= 4 is 5.97 Å². The summed E-state index contributed by atoms with van der Waals surface area (Å²) in [7, 11) is 0. The lowest BCUT2D eigenvalue weighted by Gasteiger charge is -2.06. The molecule has 0 spiro atoms. The molecule has 0 atom stereocenters. The van der Waals surface area contributed by atoms with Crippen LogP contribution in [0.3, 0.4) is 0 Å². The van der Waals surface area contributed by atoms with Crippen molar-refractivity contribution in [3.8, 4) is 11.1 Å². The summed E-state index contributed by atoms with van der Waals surface area (Å²) in [5, 5.41) is 18.1. The van der Waals surface area contributed by atoms with Crippen molar-refractivity contribution in [3.05, 3.63) is 59.7 Å². The maximum absolute atomic E-state index is 11.0. The summed E-state index contributed by atoms with van der Waals surface area (Å²) in [5.74, 6) is -0.988. The molecule has 2 aromatic rings. The highest BCUT2D eigenvalue weighted by Crippen LogP contribution is 2.22. The van der Waals surface area contributed by atoms with Crippen LogP contribution in [-0.4, -0.2) is 16.2 Å².